The highest BCUT2D eigenvalue weighted by Crippen LogP contribution is 2.31. The normalized spacial score (nSPS) is 17.0. The van der Waals surface area contributed by atoms with Crippen LogP contribution in [0, 0.1) is 5.92 Å². The maximum absolute atomic E-state index is 3.56. The Kier molecular flexibility index (Phi) is 5.62. The first-order chi connectivity index (χ1) is 7.11. The zero-order valence-electron chi connectivity index (χ0n) is 10.9. The van der Waals surface area contributed by atoms with Gasteiger partial charge in [0.05, 0.1) is 0 Å². The lowest BCUT2D eigenvalue weighted by molar-refractivity contribution is 0.176. The van der Waals surface area contributed by atoms with E-state index < -0.39 is 0 Å². The third-order valence-electron chi connectivity index (χ3n) is 3.30. The maximum Gasteiger partial charge on any atom is 0.0112 e. The van der Waals surface area contributed by atoms with Gasteiger partial charge in [-0.15, -0.1) is 0 Å². The highest BCUT2D eigenvalue weighted by Gasteiger charge is 2.20. The van der Waals surface area contributed by atoms with E-state index in [1.165, 1.54) is 32.4 Å². The average molecular weight is 212 g/mol. The van der Waals surface area contributed by atoms with Crippen LogP contribution < -0.4 is 5.32 Å². The van der Waals surface area contributed by atoms with Crippen LogP contribution >= 0.6 is 0 Å². The summed E-state index contributed by atoms with van der Waals surface area (Å²) < 4.78 is 0. The predicted molar refractivity (Wildman–Crippen MR) is 67.2 cm³/mol. The van der Waals surface area contributed by atoms with E-state index in [4.69, 9.17) is 0 Å². The SMILES string of the molecule is CC(C)N(CCNCCC1CC1)C(C)C. The molecule has 1 aliphatic carbocycles. The van der Waals surface area contributed by atoms with Crippen molar-refractivity contribution in [3.8, 4) is 0 Å². The minimum atomic E-state index is 0.662. The van der Waals surface area contributed by atoms with Crippen molar-refractivity contribution in [2.24, 2.45) is 5.92 Å². The Hall–Kier alpha value is -0.0800. The van der Waals surface area contributed by atoms with Crippen LogP contribution in [0.2, 0.25) is 0 Å². The molecular weight excluding hydrogens is 184 g/mol. The number of rotatable bonds is 8. The van der Waals surface area contributed by atoms with Gasteiger partial charge in [0.25, 0.3) is 0 Å². The van der Waals surface area contributed by atoms with Crippen molar-refractivity contribution in [3.63, 3.8) is 0 Å². The Balaban J connectivity index is 1.99. The first kappa shape index (κ1) is 13.0. The molecule has 0 spiro atoms. The Labute approximate surface area is 95.4 Å². The molecule has 0 radical (unpaired) electrons. The quantitative estimate of drug-likeness (QED) is 0.622. The van der Waals surface area contributed by atoms with Crippen LogP contribution in [0.15, 0.2) is 0 Å². The third-order valence-corrected chi connectivity index (χ3v) is 3.30. The number of hydrogen-bond acceptors (Lipinski definition) is 2. The molecule has 2 heteroatoms. The summed E-state index contributed by atoms with van der Waals surface area (Å²) in [6.07, 6.45) is 4.35. The van der Waals surface area contributed by atoms with Crippen LogP contribution in [0.5, 0.6) is 0 Å². The molecule has 0 atom stereocenters. The molecule has 1 saturated carbocycles. The van der Waals surface area contributed by atoms with Gasteiger partial charge in [0, 0.05) is 25.2 Å². The van der Waals surface area contributed by atoms with Gasteiger partial charge in [0.15, 0.2) is 0 Å². The van der Waals surface area contributed by atoms with Crippen LogP contribution in [0.4, 0.5) is 0 Å². The molecule has 0 aromatic carbocycles. The van der Waals surface area contributed by atoms with Crippen molar-refractivity contribution in [2.75, 3.05) is 19.6 Å². The van der Waals surface area contributed by atoms with E-state index in [0.29, 0.717) is 12.1 Å². The number of nitrogens with one attached hydrogen (secondary N) is 1. The van der Waals surface area contributed by atoms with E-state index >= 15 is 0 Å². The summed E-state index contributed by atoms with van der Waals surface area (Å²) in [6.45, 7) is 12.7. The van der Waals surface area contributed by atoms with Gasteiger partial charge in [-0.2, -0.15) is 0 Å². The van der Waals surface area contributed by atoms with Gasteiger partial charge in [0.1, 0.15) is 0 Å². The fourth-order valence-corrected chi connectivity index (χ4v) is 2.16. The Morgan fingerprint density at radius 1 is 1.07 bits per heavy atom. The molecule has 0 aliphatic heterocycles. The Morgan fingerprint density at radius 3 is 2.13 bits per heavy atom. The molecular formula is C13H28N2. The average Bonchev–Trinajstić information content (AvgIpc) is 2.93. The number of hydrogen-bond donors (Lipinski definition) is 1. The van der Waals surface area contributed by atoms with Crippen molar-refractivity contribution in [3.05, 3.63) is 0 Å². The van der Waals surface area contributed by atoms with Gasteiger partial charge < -0.3 is 5.32 Å². The molecule has 1 N–H and O–H groups in total. The van der Waals surface area contributed by atoms with Crippen LogP contribution in [-0.4, -0.2) is 36.6 Å². The molecule has 0 aromatic heterocycles. The lowest BCUT2D eigenvalue weighted by Gasteiger charge is -2.30. The van der Waals surface area contributed by atoms with Gasteiger partial charge in [-0.3, -0.25) is 4.90 Å². The van der Waals surface area contributed by atoms with E-state index in [1.807, 2.05) is 0 Å². The fourth-order valence-electron chi connectivity index (χ4n) is 2.16. The first-order valence-corrected chi connectivity index (χ1v) is 6.57. The second kappa shape index (κ2) is 6.49. The summed E-state index contributed by atoms with van der Waals surface area (Å²) in [4.78, 5) is 2.55. The molecule has 90 valence electrons. The van der Waals surface area contributed by atoms with Crippen molar-refractivity contribution in [2.45, 2.75) is 59.0 Å². The molecule has 0 bridgehead atoms. The molecule has 2 nitrogen and oxygen atoms in total. The van der Waals surface area contributed by atoms with Gasteiger partial charge in [-0.1, -0.05) is 12.8 Å². The molecule has 0 heterocycles. The highest BCUT2D eigenvalue weighted by molar-refractivity contribution is 4.74. The minimum absolute atomic E-state index is 0.662. The van der Waals surface area contributed by atoms with Crippen LogP contribution in [0.25, 0.3) is 0 Å². The third kappa shape index (κ3) is 5.53. The minimum Gasteiger partial charge on any atom is -0.315 e. The van der Waals surface area contributed by atoms with Crippen molar-refractivity contribution < 1.29 is 0 Å². The molecule has 0 saturated heterocycles. The molecule has 1 aliphatic rings. The summed E-state index contributed by atoms with van der Waals surface area (Å²) in [6, 6.07) is 1.32. The smallest absolute Gasteiger partial charge is 0.0112 e. The topological polar surface area (TPSA) is 15.3 Å². The lowest BCUT2D eigenvalue weighted by Crippen LogP contribution is -2.41. The number of nitrogens with zero attached hydrogens (tertiary/aromatic N) is 1. The van der Waals surface area contributed by atoms with Gasteiger partial charge >= 0.3 is 0 Å². The maximum atomic E-state index is 3.56. The molecule has 1 rings (SSSR count). The zero-order chi connectivity index (χ0) is 11.3. The summed E-state index contributed by atoms with van der Waals surface area (Å²) in [7, 11) is 0. The summed E-state index contributed by atoms with van der Waals surface area (Å²) >= 11 is 0. The van der Waals surface area contributed by atoms with Gasteiger partial charge in [-0.05, 0) is 46.6 Å². The van der Waals surface area contributed by atoms with E-state index in [-0.39, 0.29) is 0 Å². The summed E-state index contributed by atoms with van der Waals surface area (Å²) in [5.74, 6) is 1.06. The lowest BCUT2D eigenvalue weighted by atomic mass is 10.2. The highest BCUT2D eigenvalue weighted by atomic mass is 15.2. The van der Waals surface area contributed by atoms with E-state index in [1.54, 1.807) is 0 Å². The standard InChI is InChI=1S/C13H28N2/c1-11(2)15(12(3)4)10-9-14-8-7-13-5-6-13/h11-14H,5-10H2,1-4H3. The van der Waals surface area contributed by atoms with Gasteiger partial charge in [0.2, 0.25) is 0 Å². The molecule has 0 unspecified atom stereocenters. The first-order valence-electron chi connectivity index (χ1n) is 6.57. The van der Waals surface area contributed by atoms with E-state index in [0.717, 1.165) is 12.5 Å². The molecule has 0 aromatic rings. The zero-order valence-corrected chi connectivity index (χ0v) is 10.9. The van der Waals surface area contributed by atoms with Crippen LogP contribution in [0.1, 0.15) is 47.0 Å². The monoisotopic (exact) mass is 212 g/mol. The largest absolute Gasteiger partial charge is 0.315 e. The molecule has 0 amide bonds. The summed E-state index contributed by atoms with van der Waals surface area (Å²) in [5, 5.41) is 3.56. The van der Waals surface area contributed by atoms with Crippen LogP contribution in [0.3, 0.4) is 0 Å². The van der Waals surface area contributed by atoms with E-state index in [9.17, 15) is 0 Å². The Bertz CT molecular complexity index is 154. The van der Waals surface area contributed by atoms with Crippen molar-refractivity contribution in [1.82, 2.24) is 10.2 Å². The second-order valence-electron chi connectivity index (χ2n) is 5.41. The van der Waals surface area contributed by atoms with E-state index in [2.05, 4.69) is 37.9 Å². The fraction of sp³-hybridized carbons (Fsp3) is 1.00. The van der Waals surface area contributed by atoms with Gasteiger partial charge in [-0.25, -0.2) is 0 Å². The molecule has 15 heavy (non-hydrogen) atoms. The van der Waals surface area contributed by atoms with Crippen molar-refractivity contribution >= 4 is 0 Å². The second-order valence-corrected chi connectivity index (χ2v) is 5.41. The summed E-state index contributed by atoms with van der Waals surface area (Å²) in [5.41, 5.74) is 0. The van der Waals surface area contributed by atoms with Crippen molar-refractivity contribution in [1.29, 1.82) is 0 Å². The van der Waals surface area contributed by atoms with Crippen LogP contribution in [-0.2, 0) is 0 Å². The Morgan fingerprint density at radius 2 is 1.67 bits per heavy atom. The predicted octanol–water partition coefficient (Wildman–Crippen LogP) is 2.49. The molecule has 1 fully saturated rings.